The van der Waals surface area contributed by atoms with E-state index in [2.05, 4.69) is 22.4 Å². The number of hydrogen-bond donors (Lipinski definition) is 1. The molecule has 1 aliphatic rings. The van der Waals surface area contributed by atoms with Crippen molar-refractivity contribution in [2.24, 2.45) is 5.41 Å². The van der Waals surface area contributed by atoms with Crippen LogP contribution in [-0.4, -0.2) is 24.7 Å². The van der Waals surface area contributed by atoms with Crippen LogP contribution >= 0.6 is 11.6 Å². The molecule has 0 spiro atoms. The third kappa shape index (κ3) is 3.99. The molecule has 3 rings (SSSR count). The van der Waals surface area contributed by atoms with Crippen LogP contribution in [0.1, 0.15) is 18.4 Å². The van der Waals surface area contributed by atoms with E-state index in [0.29, 0.717) is 6.61 Å². The number of nitrogens with zero attached hydrogens (tertiary/aromatic N) is 1. The lowest BCUT2D eigenvalue weighted by atomic mass is 9.76. The number of rotatable bonds is 5. The number of ether oxygens (including phenoxy) is 1. The molecule has 1 unspecified atom stereocenters. The molecule has 2 heterocycles. The lowest BCUT2D eigenvalue weighted by Crippen LogP contribution is -2.45. The summed E-state index contributed by atoms with van der Waals surface area (Å²) in [7, 11) is 0. The summed E-state index contributed by atoms with van der Waals surface area (Å²) in [6.45, 7) is 2.77. The van der Waals surface area contributed by atoms with Crippen molar-refractivity contribution in [3.8, 4) is 5.75 Å². The highest BCUT2D eigenvalue weighted by Gasteiger charge is 2.33. The third-order valence-electron chi connectivity index (χ3n) is 4.22. The molecule has 3 nitrogen and oxygen atoms in total. The second-order valence-electron chi connectivity index (χ2n) is 6.06. The van der Waals surface area contributed by atoms with E-state index < -0.39 is 0 Å². The molecule has 1 aliphatic heterocycles. The summed E-state index contributed by atoms with van der Waals surface area (Å²) in [5.74, 6) is 0.881. The monoisotopic (exact) mass is 316 g/mol. The van der Waals surface area contributed by atoms with Crippen LogP contribution in [0.5, 0.6) is 5.75 Å². The minimum Gasteiger partial charge on any atom is -0.493 e. The summed E-state index contributed by atoms with van der Waals surface area (Å²) in [5.41, 5.74) is 1.39. The fourth-order valence-electron chi connectivity index (χ4n) is 3.11. The zero-order valence-electron chi connectivity index (χ0n) is 12.6. The van der Waals surface area contributed by atoms with Gasteiger partial charge in [0.25, 0.3) is 0 Å². The summed E-state index contributed by atoms with van der Waals surface area (Å²) in [6, 6.07) is 12.0. The van der Waals surface area contributed by atoms with Crippen molar-refractivity contribution in [1.29, 1.82) is 0 Å². The molecule has 2 aromatic rings. The van der Waals surface area contributed by atoms with Crippen molar-refractivity contribution < 1.29 is 4.74 Å². The second-order valence-corrected chi connectivity index (χ2v) is 6.50. The van der Waals surface area contributed by atoms with E-state index in [4.69, 9.17) is 16.3 Å². The number of aromatic nitrogens is 1. The van der Waals surface area contributed by atoms with Gasteiger partial charge in [-0.25, -0.2) is 0 Å². The van der Waals surface area contributed by atoms with Crippen molar-refractivity contribution >= 4 is 11.6 Å². The van der Waals surface area contributed by atoms with Crippen molar-refractivity contribution in [2.75, 3.05) is 19.7 Å². The van der Waals surface area contributed by atoms with Crippen LogP contribution < -0.4 is 10.1 Å². The first-order valence-electron chi connectivity index (χ1n) is 7.74. The Morgan fingerprint density at radius 1 is 1.23 bits per heavy atom. The van der Waals surface area contributed by atoms with Crippen LogP contribution in [0.15, 0.2) is 48.8 Å². The van der Waals surface area contributed by atoms with E-state index >= 15 is 0 Å². The van der Waals surface area contributed by atoms with Gasteiger partial charge in [0, 0.05) is 29.4 Å². The first-order valence-corrected chi connectivity index (χ1v) is 8.12. The van der Waals surface area contributed by atoms with Gasteiger partial charge in [-0.3, -0.25) is 4.98 Å². The number of benzene rings is 1. The van der Waals surface area contributed by atoms with Gasteiger partial charge in [-0.15, -0.1) is 0 Å². The van der Waals surface area contributed by atoms with Crippen LogP contribution in [0.4, 0.5) is 0 Å². The third-order valence-corrected chi connectivity index (χ3v) is 4.46. The topological polar surface area (TPSA) is 34.1 Å². The number of pyridine rings is 1. The summed E-state index contributed by atoms with van der Waals surface area (Å²) >= 11 is 6.13. The predicted octanol–water partition coefficient (Wildman–Crippen LogP) is 3.73. The van der Waals surface area contributed by atoms with Gasteiger partial charge in [0.1, 0.15) is 5.75 Å². The van der Waals surface area contributed by atoms with E-state index in [0.717, 1.165) is 36.7 Å². The molecule has 1 fully saturated rings. The zero-order valence-corrected chi connectivity index (χ0v) is 13.4. The van der Waals surface area contributed by atoms with Gasteiger partial charge >= 0.3 is 0 Å². The average Bonchev–Trinajstić information content (AvgIpc) is 2.55. The largest absolute Gasteiger partial charge is 0.493 e. The van der Waals surface area contributed by atoms with Crippen molar-refractivity contribution in [3.63, 3.8) is 0 Å². The SMILES string of the molecule is Clc1cccc(CC2(COc3ccncc3)CCCNC2)c1. The first kappa shape index (κ1) is 15.3. The highest BCUT2D eigenvalue weighted by Crippen LogP contribution is 2.32. The summed E-state index contributed by atoms with van der Waals surface area (Å²) in [4.78, 5) is 4.03. The van der Waals surface area contributed by atoms with Crippen LogP contribution in [-0.2, 0) is 6.42 Å². The zero-order chi connectivity index (χ0) is 15.3. The predicted molar refractivity (Wildman–Crippen MR) is 89.4 cm³/mol. The maximum Gasteiger partial charge on any atom is 0.122 e. The quantitative estimate of drug-likeness (QED) is 0.912. The van der Waals surface area contributed by atoms with Crippen LogP contribution in [0.3, 0.4) is 0 Å². The van der Waals surface area contributed by atoms with Crippen LogP contribution in [0.2, 0.25) is 5.02 Å². The molecule has 1 aromatic carbocycles. The highest BCUT2D eigenvalue weighted by molar-refractivity contribution is 6.30. The Morgan fingerprint density at radius 3 is 2.82 bits per heavy atom. The molecule has 0 amide bonds. The van der Waals surface area contributed by atoms with E-state index in [1.165, 1.54) is 12.0 Å². The van der Waals surface area contributed by atoms with E-state index in [1.54, 1.807) is 12.4 Å². The molecule has 4 heteroatoms. The molecule has 0 saturated carbocycles. The second kappa shape index (κ2) is 7.12. The maximum absolute atomic E-state index is 6.13. The van der Waals surface area contributed by atoms with E-state index in [9.17, 15) is 0 Å². The first-order chi connectivity index (χ1) is 10.8. The molecule has 1 atom stereocenters. The molecule has 22 heavy (non-hydrogen) atoms. The minimum atomic E-state index is 0.117. The smallest absolute Gasteiger partial charge is 0.122 e. The highest BCUT2D eigenvalue weighted by atomic mass is 35.5. The van der Waals surface area contributed by atoms with E-state index in [1.807, 2.05) is 24.3 Å². The van der Waals surface area contributed by atoms with Crippen molar-refractivity contribution in [3.05, 3.63) is 59.4 Å². The molecule has 1 N–H and O–H groups in total. The van der Waals surface area contributed by atoms with Gasteiger partial charge in [-0.1, -0.05) is 23.7 Å². The Kier molecular flexibility index (Phi) is 4.96. The summed E-state index contributed by atoms with van der Waals surface area (Å²) < 4.78 is 6.04. The molecule has 1 saturated heterocycles. The van der Waals surface area contributed by atoms with Gasteiger partial charge in [0.2, 0.25) is 0 Å². The minimum absolute atomic E-state index is 0.117. The van der Waals surface area contributed by atoms with Gasteiger partial charge in [-0.05, 0) is 55.6 Å². The lowest BCUT2D eigenvalue weighted by Gasteiger charge is -2.37. The summed E-state index contributed by atoms with van der Waals surface area (Å²) in [6.07, 6.45) is 6.85. The molecular formula is C18H21ClN2O. The summed E-state index contributed by atoms with van der Waals surface area (Å²) in [5, 5.41) is 4.32. The van der Waals surface area contributed by atoms with Gasteiger partial charge in [0.15, 0.2) is 0 Å². The van der Waals surface area contributed by atoms with Gasteiger partial charge in [-0.2, -0.15) is 0 Å². The maximum atomic E-state index is 6.13. The van der Waals surface area contributed by atoms with Crippen LogP contribution in [0, 0.1) is 5.41 Å². The molecular weight excluding hydrogens is 296 g/mol. The Labute approximate surface area is 136 Å². The Bertz CT molecular complexity index is 597. The Morgan fingerprint density at radius 2 is 2.09 bits per heavy atom. The standard InChI is InChI=1S/C18H21ClN2O/c19-16-4-1-3-15(11-16)12-18(7-2-8-21-13-18)14-22-17-5-9-20-10-6-17/h1,3-6,9-11,21H,2,7-8,12-14H2. The molecule has 0 radical (unpaired) electrons. The Hall–Kier alpha value is -1.58. The number of nitrogens with one attached hydrogen (secondary N) is 1. The molecule has 116 valence electrons. The fraction of sp³-hybridized carbons (Fsp3) is 0.389. The van der Waals surface area contributed by atoms with Crippen molar-refractivity contribution in [1.82, 2.24) is 10.3 Å². The van der Waals surface area contributed by atoms with E-state index in [-0.39, 0.29) is 5.41 Å². The number of halogens is 1. The van der Waals surface area contributed by atoms with Gasteiger partial charge in [0.05, 0.1) is 6.61 Å². The average molecular weight is 317 g/mol. The van der Waals surface area contributed by atoms with Crippen molar-refractivity contribution in [2.45, 2.75) is 19.3 Å². The Balaban J connectivity index is 1.73. The van der Waals surface area contributed by atoms with Gasteiger partial charge < -0.3 is 10.1 Å². The van der Waals surface area contributed by atoms with Crippen LogP contribution in [0.25, 0.3) is 0 Å². The number of hydrogen-bond acceptors (Lipinski definition) is 3. The molecule has 0 aliphatic carbocycles. The fourth-order valence-corrected chi connectivity index (χ4v) is 3.32. The molecule has 1 aromatic heterocycles. The molecule has 0 bridgehead atoms. The number of piperidine rings is 1. The lowest BCUT2D eigenvalue weighted by molar-refractivity contribution is 0.110. The normalized spacial score (nSPS) is 21.5.